The van der Waals surface area contributed by atoms with Crippen molar-refractivity contribution < 1.29 is 9.84 Å². The summed E-state index contributed by atoms with van der Waals surface area (Å²) in [6.45, 7) is 1.98. The highest BCUT2D eigenvalue weighted by molar-refractivity contribution is 5.80. The predicted octanol–water partition coefficient (Wildman–Crippen LogP) is 3.57. The molecule has 1 atom stereocenters. The quantitative estimate of drug-likeness (QED) is 0.762. The molecule has 20 heavy (non-hydrogen) atoms. The highest BCUT2D eigenvalue weighted by Gasteiger charge is 2.12. The lowest BCUT2D eigenvalue weighted by molar-refractivity contribution is 0.220. The number of aryl methyl sites for hydroxylation is 1. The summed E-state index contributed by atoms with van der Waals surface area (Å²) in [5, 5.41) is 11.6. The number of fused-ring (bicyclic) bond motifs is 1. The van der Waals surface area contributed by atoms with Crippen LogP contribution < -0.4 is 4.74 Å². The summed E-state index contributed by atoms with van der Waals surface area (Å²) >= 11 is 0. The number of hydrogen-bond donors (Lipinski definition) is 2. The Bertz CT molecular complexity index is 746. The van der Waals surface area contributed by atoms with E-state index >= 15 is 0 Å². The largest absolute Gasteiger partial charge is 0.496 e. The first kappa shape index (κ1) is 12.8. The zero-order chi connectivity index (χ0) is 14.1. The predicted molar refractivity (Wildman–Crippen MR) is 80.1 cm³/mol. The van der Waals surface area contributed by atoms with Gasteiger partial charge >= 0.3 is 0 Å². The minimum Gasteiger partial charge on any atom is -0.496 e. The van der Waals surface area contributed by atoms with E-state index in [1.807, 2.05) is 55.6 Å². The number of nitrogens with one attached hydrogen (secondary N) is 1. The second-order valence-electron chi connectivity index (χ2n) is 4.96. The van der Waals surface area contributed by atoms with Crippen LogP contribution in [0.4, 0.5) is 0 Å². The fourth-order valence-corrected chi connectivity index (χ4v) is 2.51. The standard InChI is InChI=1S/C17H17NO2/c1-11-9-13(4-6-16(11)20-2)17(19)14-3-5-15-12(10-14)7-8-18-15/h3-10,17-19H,1-2H3. The van der Waals surface area contributed by atoms with Crippen LogP contribution in [0.2, 0.25) is 0 Å². The third-order valence-corrected chi connectivity index (χ3v) is 3.63. The van der Waals surface area contributed by atoms with Gasteiger partial charge in [-0.2, -0.15) is 0 Å². The van der Waals surface area contributed by atoms with Gasteiger partial charge in [0.05, 0.1) is 7.11 Å². The lowest BCUT2D eigenvalue weighted by Gasteiger charge is -2.14. The van der Waals surface area contributed by atoms with Gasteiger partial charge in [0.15, 0.2) is 0 Å². The molecular formula is C17H17NO2. The van der Waals surface area contributed by atoms with Crippen molar-refractivity contribution in [2.24, 2.45) is 0 Å². The summed E-state index contributed by atoms with van der Waals surface area (Å²) < 4.78 is 5.25. The molecule has 1 unspecified atom stereocenters. The smallest absolute Gasteiger partial charge is 0.121 e. The summed E-state index contributed by atoms with van der Waals surface area (Å²) in [4.78, 5) is 3.15. The Balaban J connectivity index is 1.98. The summed E-state index contributed by atoms with van der Waals surface area (Å²) in [6, 6.07) is 13.7. The van der Waals surface area contributed by atoms with Crippen molar-refractivity contribution in [2.75, 3.05) is 7.11 Å². The summed E-state index contributed by atoms with van der Waals surface area (Å²) in [6.07, 6.45) is 1.28. The number of aromatic nitrogens is 1. The molecule has 0 saturated carbocycles. The first-order valence-electron chi connectivity index (χ1n) is 6.58. The molecule has 0 fully saturated rings. The van der Waals surface area contributed by atoms with E-state index in [2.05, 4.69) is 4.98 Å². The fourth-order valence-electron chi connectivity index (χ4n) is 2.51. The van der Waals surface area contributed by atoms with Gasteiger partial charge in [0.2, 0.25) is 0 Å². The molecule has 0 spiro atoms. The van der Waals surface area contributed by atoms with E-state index in [0.29, 0.717) is 0 Å². The maximum atomic E-state index is 10.5. The van der Waals surface area contributed by atoms with Crippen molar-refractivity contribution in [3.63, 3.8) is 0 Å². The van der Waals surface area contributed by atoms with E-state index in [4.69, 9.17) is 4.74 Å². The fraction of sp³-hybridized carbons (Fsp3) is 0.176. The monoisotopic (exact) mass is 267 g/mol. The molecule has 3 heteroatoms. The Hall–Kier alpha value is -2.26. The SMILES string of the molecule is COc1ccc(C(O)c2ccc3[nH]ccc3c2)cc1C. The van der Waals surface area contributed by atoms with Crippen LogP contribution >= 0.6 is 0 Å². The van der Waals surface area contributed by atoms with E-state index in [0.717, 1.165) is 33.3 Å². The number of aliphatic hydroxyl groups is 1. The first-order chi connectivity index (χ1) is 9.69. The van der Waals surface area contributed by atoms with E-state index in [9.17, 15) is 5.11 Å². The highest BCUT2D eigenvalue weighted by Crippen LogP contribution is 2.28. The molecular weight excluding hydrogens is 250 g/mol. The average molecular weight is 267 g/mol. The molecule has 0 radical (unpaired) electrons. The van der Waals surface area contributed by atoms with Crippen molar-refractivity contribution in [2.45, 2.75) is 13.0 Å². The second kappa shape index (κ2) is 5.02. The maximum absolute atomic E-state index is 10.5. The number of methoxy groups -OCH3 is 1. The number of aliphatic hydroxyl groups excluding tert-OH is 1. The highest BCUT2D eigenvalue weighted by atomic mass is 16.5. The number of aromatic amines is 1. The molecule has 3 rings (SSSR count). The zero-order valence-corrected chi connectivity index (χ0v) is 11.6. The zero-order valence-electron chi connectivity index (χ0n) is 11.6. The molecule has 3 nitrogen and oxygen atoms in total. The average Bonchev–Trinajstić information content (AvgIpc) is 2.93. The van der Waals surface area contributed by atoms with E-state index in [1.165, 1.54) is 0 Å². The second-order valence-corrected chi connectivity index (χ2v) is 4.96. The van der Waals surface area contributed by atoms with Crippen LogP contribution in [-0.4, -0.2) is 17.2 Å². The van der Waals surface area contributed by atoms with Crippen molar-refractivity contribution in [1.29, 1.82) is 0 Å². The van der Waals surface area contributed by atoms with Gasteiger partial charge in [-0.05, 0) is 59.3 Å². The van der Waals surface area contributed by atoms with Gasteiger partial charge in [0.25, 0.3) is 0 Å². The van der Waals surface area contributed by atoms with Gasteiger partial charge in [0.1, 0.15) is 11.9 Å². The van der Waals surface area contributed by atoms with Gasteiger partial charge in [0, 0.05) is 11.7 Å². The van der Waals surface area contributed by atoms with Crippen molar-refractivity contribution in [3.8, 4) is 5.75 Å². The minimum atomic E-state index is -0.626. The molecule has 0 aliphatic heterocycles. The Morgan fingerprint density at radius 2 is 1.80 bits per heavy atom. The molecule has 1 aromatic heterocycles. The molecule has 0 aliphatic rings. The number of hydrogen-bond acceptors (Lipinski definition) is 2. The Labute approximate surface area is 117 Å². The topological polar surface area (TPSA) is 45.2 Å². The van der Waals surface area contributed by atoms with E-state index < -0.39 is 6.10 Å². The van der Waals surface area contributed by atoms with Gasteiger partial charge < -0.3 is 14.8 Å². The third-order valence-electron chi connectivity index (χ3n) is 3.63. The lowest BCUT2D eigenvalue weighted by Crippen LogP contribution is -2.00. The van der Waals surface area contributed by atoms with Gasteiger partial charge in [-0.25, -0.2) is 0 Å². The Morgan fingerprint density at radius 1 is 1.05 bits per heavy atom. The van der Waals surface area contributed by atoms with Crippen LogP contribution in [0.5, 0.6) is 5.75 Å². The van der Waals surface area contributed by atoms with Crippen molar-refractivity contribution in [1.82, 2.24) is 4.98 Å². The van der Waals surface area contributed by atoms with Crippen molar-refractivity contribution in [3.05, 3.63) is 65.4 Å². The molecule has 0 saturated heterocycles. The van der Waals surface area contributed by atoms with Crippen LogP contribution in [0.25, 0.3) is 10.9 Å². The Kier molecular flexibility index (Phi) is 3.20. The molecule has 1 heterocycles. The van der Waals surface area contributed by atoms with E-state index in [1.54, 1.807) is 7.11 Å². The van der Waals surface area contributed by atoms with Crippen LogP contribution in [-0.2, 0) is 0 Å². The van der Waals surface area contributed by atoms with Crippen molar-refractivity contribution >= 4 is 10.9 Å². The van der Waals surface area contributed by atoms with E-state index in [-0.39, 0.29) is 0 Å². The Morgan fingerprint density at radius 3 is 2.55 bits per heavy atom. The van der Waals surface area contributed by atoms with Crippen LogP contribution in [0.15, 0.2) is 48.7 Å². The van der Waals surface area contributed by atoms with Crippen LogP contribution in [0, 0.1) is 6.92 Å². The molecule has 102 valence electrons. The van der Waals surface area contributed by atoms with Crippen LogP contribution in [0.3, 0.4) is 0 Å². The summed E-state index contributed by atoms with van der Waals surface area (Å²) in [7, 11) is 1.65. The molecule has 0 aliphatic carbocycles. The lowest BCUT2D eigenvalue weighted by atomic mass is 9.98. The molecule has 2 N–H and O–H groups in total. The number of H-pyrrole nitrogens is 1. The van der Waals surface area contributed by atoms with Crippen LogP contribution in [0.1, 0.15) is 22.8 Å². The molecule has 0 amide bonds. The summed E-state index contributed by atoms with van der Waals surface area (Å²) in [5.74, 6) is 0.835. The first-order valence-corrected chi connectivity index (χ1v) is 6.58. The molecule has 3 aromatic rings. The maximum Gasteiger partial charge on any atom is 0.121 e. The minimum absolute atomic E-state index is 0.626. The number of ether oxygens (including phenoxy) is 1. The van der Waals surface area contributed by atoms with Gasteiger partial charge in [-0.1, -0.05) is 12.1 Å². The number of rotatable bonds is 3. The molecule has 2 aromatic carbocycles. The van der Waals surface area contributed by atoms with Gasteiger partial charge in [-0.3, -0.25) is 0 Å². The molecule has 0 bridgehead atoms. The van der Waals surface area contributed by atoms with Gasteiger partial charge in [-0.15, -0.1) is 0 Å². The summed E-state index contributed by atoms with van der Waals surface area (Å²) in [5.41, 5.74) is 3.86. The number of benzene rings is 2. The third kappa shape index (κ3) is 2.17. The normalized spacial score (nSPS) is 12.6.